The van der Waals surface area contributed by atoms with Crippen molar-refractivity contribution < 1.29 is 8.78 Å². The van der Waals surface area contributed by atoms with Gasteiger partial charge in [-0.05, 0) is 54.8 Å². The molecule has 0 amide bonds. The third-order valence-electron chi connectivity index (χ3n) is 3.40. The second-order valence-corrected chi connectivity index (χ2v) is 4.95. The molecule has 0 saturated carbocycles. The fraction of sp³-hybridized carbons (Fsp3) is 0.294. The minimum absolute atomic E-state index is 0.0283. The number of halogens is 2. The van der Waals surface area contributed by atoms with Crippen molar-refractivity contribution in [3.05, 3.63) is 70.8 Å². The molecule has 0 saturated heterocycles. The van der Waals surface area contributed by atoms with Gasteiger partial charge in [0.15, 0.2) is 0 Å². The van der Waals surface area contributed by atoms with E-state index in [1.165, 1.54) is 12.1 Å². The molecule has 0 aliphatic rings. The van der Waals surface area contributed by atoms with Gasteiger partial charge in [-0.1, -0.05) is 31.2 Å². The second-order valence-electron chi connectivity index (χ2n) is 4.95. The number of rotatable bonds is 5. The molecule has 0 radical (unpaired) electrons. The van der Waals surface area contributed by atoms with E-state index >= 15 is 0 Å². The van der Waals surface area contributed by atoms with Gasteiger partial charge < -0.3 is 5.32 Å². The van der Waals surface area contributed by atoms with Crippen LogP contribution in [-0.2, 0) is 6.42 Å². The van der Waals surface area contributed by atoms with Crippen molar-refractivity contribution in [3.8, 4) is 0 Å². The quantitative estimate of drug-likeness (QED) is 0.863. The third kappa shape index (κ3) is 3.64. The molecule has 20 heavy (non-hydrogen) atoms. The van der Waals surface area contributed by atoms with Crippen LogP contribution in [0.2, 0.25) is 0 Å². The van der Waals surface area contributed by atoms with Crippen LogP contribution in [0.4, 0.5) is 8.78 Å². The van der Waals surface area contributed by atoms with Crippen LogP contribution < -0.4 is 5.32 Å². The zero-order valence-corrected chi connectivity index (χ0v) is 11.8. The lowest BCUT2D eigenvalue weighted by Gasteiger charge is -2.19. The minimum Gasteiger partial charge on any atom is -0.310 e. The van der Waals surface area contributed by atoms with Gasteiger partial charge in [-0.25, -0.2) is 8.78 Å². The average Bonchev–Trinajstić information content (AvgIpc) is 2.44. The van der Waals surface area contributed by atoms with E-state index in [9.17, 15) is 8.78 Å². The molecule has 2 rings (SSSR count). The predicted molar refractivity (Wildman–Crippen MR) is 77.7 cm³/mol. The standard InChI is InChI=1S/C17H19F2N/c1-3-20-17(10-13-5-8-15(18)9-6-13)14-7-4-12(2)16(19)11-14/h4-9,11,17,20H,3,10H2,1-2H3. The van der Waals surface area contributed by atoms with Gasteiger partial charge in [0, 0.05) is 6.04 Å². The molecular weight excluding hydrogens is 256 g/mol. The van der Waals surface area contributed by atoms with Crippen molar-refractivity contribution in [2.75, 3.05) is 6.54 Å². The molecule has 1 nitrogen and oxygen atoms in total. The van der Waals surface area contributed by atoms with Crippen LogP contribution in [-0.4, -0.2) is 6.54 Å². The molecule has 0 bridgehead atoms. The van der Waals surface area contributed by atoms with Crippen molar-refractivity contribution in [1.82, 2.24) is 5.32 Å². The van der Waals surface area contributed by atoms with Crippen LogP contribution in [0.1, 0.15) is 29.7 Å². The monoisotopic (exact) mass is 275 g/mol. The van der Waals surface area contributed by atoms with Crippen molar-refractivity contribution >= 4 is 0 Å². The van der Waals surface area contributed by atoms with E-state index < -0.39 is 0 Å². The first-order valence-electron chi connectivity index (χ1n) is 6.84. The van der Waals surface area contributed by atoms with Crippen molar-refractivity contribution in [2.45, 2.75) is 26.3 Å². The first-order chi connectivity index (χ1) is 9.60. The van der Waals surface area contributed by atoms with E-state index in [0.29, 0.717) is 12.0 Å². The van der Waals surface area contributed by atoms with Gasteiger partial charge in [-0.15, -0.1) is 0 Å². The SMILES string of the molecule is CCNC(Cc1ccc(F)cc1)c1ccc(C)c(F)c1. The van der Waals surface area contributed by atoms with Gasteiger partial charge in [0.2, 0.25) is 0 Å². The Morgan fingerprint density at radius 2 is 1.75 bits per heavy atom. The summed E-state index contributed by atoms with van der Waals surface area (Å²) < 4.78 is 26.6. The Kier molecular flexibility index (Phi) is 4.85. The maximum absolute atomic E-state index is 13.7. The lowest BCUT2D eigenvalue weighted by atomic mass is 9.97. The summed E-state index contributed by atoms with van der Waals surface area (Å²) in [6.45, 7) is 4.56. The Morgan fingerprint density at radius 1 is 1.05 bits per heavy atom. The summed E-state index contributed by atoms with van der Waals surface area (Å²) in [5, 5.41) is 3.35. The van der Waals surface area contributed by atoms with Gasteiger partial charge in [-0.3, -0.25) is 0 Å². The molecule has 0 aliphatic carbocycles. The highest BCUT2D eigenvalue weighted by Crippen LogP contribution is 2.21. The lowest BCUT2D eigenvalue weighted by Crippen LogP contribution is -2.23. The minimum atomic E-state index is -0.241. The van der Waals surface area contributed by atoms with Crippen molar-refractivity contribution in [1.29, 1.82) is 0 Å². The number of hydrogen-bond acceptors (Lipinski definition) is 1. The summed E-state index contributed by atoms with van der Waals surface area (Å²) in [5.74, 6) is -0.431. The van der Waals surface area contributed by atoms with E-state index in [-0.39, 0.29) is 17.7 Å². The molecule has 0 spiro atoms. The molecule has 1 unspecified atom stereocenters. The number of hydrogen-bond donors (Lipinski definition) is 1. The number of nitrogens with one attached hydrogen (secondary N) is 1. The Balaban J connectivity index is 2.21. The molecule has 0 heterocycles. The molecule has 0 fully saturated rings. The zero-order valence-electron chi connectivity index (χ0n) is 11.8. The molecular formula is C17H19F2N. The molecule has 1 N–H and O–H groups in total. The van der Waals surface area contributed by atoms with Crippen LogP contribution in [0.15, 0.2) is 42.5 Å². The van der Waals surface area contributed by atoms with Crippen molar-refractivity contribution in [2.24, 2.45) is 0 Å². The summed E-state index contributed by atoms with van der Waals surface area (Å²) >= 11 is 0. The molecule has 1 atom stereocenters. The number of aryl methyl sites for hydroxylation is 1. The first-order valence-corrected chi connectivity index (χ1v) is 6.84. The van der Waals surface area contributed by atoms with Crippen LogP contribution in [0.3, 0.4) is 0 Å². The molecule has 2 aromatic carbocycles. The summed E-state index contributed by atoms with van der Waals surface area (Å²) in [5.41, 5.74) is 2.59. The largest absolute Gasteiger partial charge is 0.310 e. The topological polar surface area (TPSA) is 12.0 Å². The van der Waals surface area contributed by atoms with Gasteiger partial charge in [0.1, 0.15) is 11.6 Å². The fourth-order valence-electron chi connectivity index (χ4n) is 2.24. The van der Waals surface area contributed by atoms with Crippen molar-refractivity contribution in [3.63, 3.8) is 0 Å². The molecule has 2 aromatic rings. The predicted octanol–water partition coefficient (Wildman–Crippen LogP) is 4.17. The van der Waals surface area contributed by atoms with E-state index in [1.54, 1.807) is 31.2 Å². The van der Waals surface area contributed by atoms with E-state index in [1.807, 2.05) is 13.0 Å². The smallest absolute Gasteiger partial charge is 0.126 e. The zero-order chi connectivity index (χ0) is 14.5. The normalized spacial score (nSPS) is 12.4. The molecule has 0 aromatic heterocycles. The third-order valence-corrected chi connectivity index (χ3v) is 3.40. The highest BCUT2D eigenvalue weighted by atomic mass is 19.1. The Labute approximate surface area is 118 Å². The number of benzene rings is 2. The van der Waals surface area contributed by atoms with Gasteiger partial charge in [0.05, 0.1) is 0 Å². The fourth-order valence-corrected chi connectivity index (χ4v) is 2.24. The van der Waals surface area contributed by atoms with Crippen LogP contribution in [0.5, 0.6) is 0 Å². The summed E-state index contributed by atoms with van der Waals surface area (Å²) in [6.07, 6.45) is 0.705. The van der Waals surface area contributed by atoms with E-state index in [0.717, 1.165) is 17.7 Å². The number of likely N-dealkylation sites (N-methyl/N-ethyl adjacent to an activating group) is 1. The highest BCUT2D eigenvalue weighted by Gasteiger charge is 2.12. The maximum Gasteiger partial charge on any atom is 0.126 e. The first kappa shape index (κ1) is 14.7. The second kappa shape index (κ2) is 6.62. The molecule has 106 valence electrons. The molecule has 3 heteroatoms. The van der Waals surface area contributed by atoms with Crippen LogP contribution in [0.25, 0.3) is 0 Å². The van der Waals surface area contributed by atoms with Gasteiger partial charge >= 0.3 is 0 Å². The Hall–Kier alpha value is -1.74. The van der Waals surface area contributed by atoms with Crippen LogP contribution >= 0.6 is 0 Å². The Bertz CT molecular complexity index is 564. The lowest BCUT2D eigenvalue weighted by molar-refractivity contribution is 0.540. The van der Waals surface area contributed by atoms with E-state index in [4.69, 9.17) is 0 Å². The maximum atomic E-state index is 13.7. The Morgan fingerprint density at radius 3 is 2.35 bits per heavy atom. The van der Waals surface area contributed by atoms with E-state index in [2.05, 4.69) is 5.32 Å². The summed E-state index contributed by atoms with van der Waals surface area (Å²) in [6, 6.07) is 11.8. The van der Waals surface area contributed by atoms with Gasteiger partial charge in [-0.2, -0.15) is 0 Å². The summed E-state index contributed by atoms with van der Waals surface area (Å²) in [4.78, 5) is 0. The average molecular weight is 275 g/mol. The summed E-state index contributed by atoms with van der Waals surface area (Å²) in [7, 11) is 0. The van der Waals surface area contributed by atoms with Gasteiger partial charge in [0.25, 0.3) is 0 Å². The highest BCUT2D eigenvalue weighted by molar-refractivity contribution is 5.28. The van der Waals surface area contributed by atoms with Crippen LogP contribution in [0, 0.1) is 18.6 Å². The molecule has 0 aliphatic heterocycles.